The van der Waals surface area contributed by atoms with Crippen LogP contribution < -0.4 is 29.1 Å². The molecule has 2 aromatic carbocycles. The molecule has 4 rings (SSSR count). The molecule has 1 atom stereocenters. The third kappa shape index (κ3) is 5.40. The van der Waals surface area contributed by atoms with Crippen LogP contribution in [0, 0.1) is 0 Å². The number of ether oxygens (including phenoxy) is 4. The van der Waals surface area contributed by atoms with Crippen molar-refractivity contribution in [1.82, 2.24) is 4.57 Å². The number of phenolic OH excluding ortho intramolecular Hbond substituents is 1. The molecule has 210 valence electrons. The predicted molar refractivity (Wildman–Crippen MR) is 153 cm³/mol. The summed E-state index contributed by atoms with van der Waals surface area (Å²) in [6.45, 7) is 9.65. The monoisotopic (exact) mass is 564 g/mol. The minimum absolute atomic E-state index is 0.0281. The number of benzene rings is 2. The number of rotatable bonds is 10. The Labute approximate surface area is 235 Å². The largest absolute Gasteiger partial charge is 0.504 e. The van der Waals surface area contributed by atoms with Crippen molar-refractivity contribution in [3.05, 3.63) is 90.6 Å². The Kier molecular flexibility index (Phi) is 8.79. The zero-order valence-electron chi connectivity index (χ0n) is 23.1. The van der Waals surface area contributed by atoms with Crippen molar-refractivity contribution in [1.29, 1.82) is 0 Å². The molecule has 40 heavy (non-hydrogen) atoms. The fourth-order valence-corrected chi connectivity index (χ4v) is 5.68. The van der Waals surface area contributed by atoms with E-state index < -0.39 is 12.0 Å². The van der Waals surface area contributed by atoms with Gasteiger partial charge < -0.3 is 24.1 Å². The van der Waals surface area contributed by atoms with Crippen LogP contribution in [0.4, 0.5) is 0 Å². The second-order valence-electron chi connectivity index (χ2n) is 8.87. The van der Waals surface area contributed by atoms with Gasteiger partial charge >= 0.3 is 5.97 Å². The normalized spacial score (nSPS) is 14.8. The van der Waals surface area contributed by atoms with E-state index in [1.807, 2.05) is 6.92 Å². The number of hydrogen-bond donors (Lipinski definition) is 1. The molecule has 1 aromatic heterocycles. The molecule has 3 aromatic rings. The van der Waals surface area contributed by atoms with E-state index >= 15 is 0 Å². The molecule has 0 radical (unpaired) electrons. The van der Waals surface area contributed by atoms with Crippen LogP contribution in [0.3, 0.4) is 0 Å². The standard InChI is InChI=1S/C30H32N2O7S/c1-7-10-20-13-18(14-23(37-6)27(20)33)15-24-28(34)32-26(19-11-12-21(36-5)22(16-19)38-8-2)25(29(35)39-9-3)17(4)31-30(32)40-24/h7,11-16,26,33H,1,8-10H2,2-6H3/b24-15+/t26-/m0/s1. The molecular weight excluding hydrogens is 532 g/mol. The third-order valence-corrected chi connectivity index (χ3v) is 7.36. The summed E-state index contributed by atoms with van der Waals surface area (Å²) in [6.07, 6.45) is 3.82. The lowest BCUT2D eigenvalue weighted by atomic mass is 9.95. The third-order valence-electron chi connectivity index (χ3n) is 6.38. The SMILES string of the molecule is C=CCc1cc(/C=c2/sc3n(c2=O)[C@@H](c2ccc(OC)c(OCC)c2)C(C(=O)OCC)=C(C)N=3)cc(OC)c1O. The van der Waals surface area contributed by atoms with Gasteiger partial charge in [-0.2, -0.15) is 0 Å². The summed E-state index contributed by atoms with van der Waals surface area (Å²) in [7, 11) is 3.02. The number of nitrogens with zero attached hydrogens (tertiary/aromatic N) is 2. The molecule has 0 saturated heterocycles. The quantitative estimate of drug-likeness (QED) is 0.296. The number of thiazole rings is 1. The van der Waals surface area contributed by atoms with Crippen LogP contribution in [-0.4, -0.2) is 43.1 Å². The fraction of sp³-hybridized carbons (Fsp3) is 0.300. The van der Waals surface area contributed by atoms with Crippen LogP contribution in [0.5, 0.6) is 23.0 Å². The van der Waals surface area contributed by atoms with Gasteiger partial charge in [0.2, 0.25) is 0 Å². The van der Waals surface area contributed by atoms with Gasteiger partial charge in [-0.05, 0) is 68.7 Å². The van der Waals surface area contributed by atoms with Gasteiger partial charge in [-0.25, -0.2) is 9.79 Å². The van der Waals surface area contributed by atoms with Crippen LogP contribution in [-0.2, 0) is 16.0 Å². The van der Waals surface area contributed by atoms with Gasteiger partial charge in [0.15, 0.2) is 27.8 Å². The van der Waals surface area contributed by atoms with Crippen molar-refractivity contribution in [2.45, 2.75) is 33.2 Å². The maximum absolute atomic E-state index is 14.0. The molecular formula is C30H32N2O7S. The number of aromatic hydroxyl groups is 1. The first kappa shape index (κ1) is 28.7. The Bertz CT molecular complexity index is 1670. The molecule has 1 aliphatic heterocycles. The minimum atomic E-state index is -0.798. The molecule has 0 bridgehead atoms. The van der Waals surface area contributed by atoms with E-state index in [9.17, 15) is 14.7 Å². The van der Waals surface area contributed by atoms with E-state index in [1.165, 1.54) is 23.0 Å². The van der Waals surface area contributed by atoms with Crippen molar-refractivity contribution < 1.29 is 28.8 Å². The van der Waals surface area contributed by atoms with Gasteiger partial charge in [-0.15, -0.1) is 6.58 Å². The molecule has 0 fully saturated rings. The van der Waals surface area contributed by atoms with E-state index in [0.29, 0.717) is 62.0 Å². The van der Waals surface area contributed by atoms with Gasteiger partial charge in [0.05, 0.1) is 49.3 Å². The van der Waals surface area contributed by atoms with Gasteiger partial charge in [-0.1, -0.05) is 23.5 Å². The Morgan fingerprint density at radius 3 is 2.52 bits per heavy atom. The maximum Gasteiger partial charge on any atom is 0.338 e. The predicted octanol–water partition coefficient (Wildman–Crippen LogP) is 3.65. The number of aromatic nitrogens is 1. The van der Waals surface area contributed by atoms with Crippen molar-refractivity contribution in [3.8, 4) is 23.0 Å². The summed E-state index contributed by atoms with van der Waals surface area (Å²) >= 11 is 1.21. The van der Waals surface area contributed by atoms with Gasteiger partial charge in [0, 0.05) is 5.56 Å². The number of esters is 1. The van der Waals surface area contributed by atoms with Gasteiger partial charge in [-0.3, -0.25) is 9.36 Å². The minimum Gasteiger partial charge on any atom is -0.504 e. The van der Waals surface area contributed by atoms with Crippen LogP contribution in [0.1, 0.15) is 43.5 Å². The first-order chi connectivity index (χ1) is 19.3. The van der Waals surface area contributed by atoms with Crippen molar-refractivity contribution in [2.75, 3.05) is 27.4 Å². The average Bonchev–Trinajstić information content (AvgIpc) is 3.23. The smallest absolute Gasteiger partial charge is 0.338 e. The van der Waals surface area contributed by atoms with Crippen molar-refractivity contribution in [3.63, 3.8) is 0 Å². The molecule has 10 heteroatoms. The zero-order chi connectivity index (χ0) is 29.0. The summed E-state index contributed by atoms with van der Waals surface area (Å²) in [5.41, 5.74) is 2.34. The molecule has 1 aliphatic rings. The van der Waals surface area contributed by atoms with Crippen molar-refractivity contribution in [2.24, 2.45) is 4.99 Å². The highest BCUT2D eigenvalue weighted by Crippen LogP contribution is 2.36. The van der Waals surface area contributed by atoms with Gasteiger partial charge in [0.25, 0.3) is 5.56 Å². The van der Waals surface area contributed by atoms with E-state index in [1.54, 1.807) is 63.4 Å². The Morgan fingerprint density at radius 1 is 1.12 bits per heavy atom. The number of allylic oxidation sites excluding steroid dienone is 2. The Balaban J connectivity index is 1.97. The highest BCUT2D eigenvalue weighted by Gasteiger charge is 2.34. The summed E-state index contributed by atoms with van der Waals surface area (Å²) in [5.74, 6) is 0.800. The molecule has 0 spiro atoms. The maximum atomic E-state index is 14.0. The molecule has 0 saturated carbocycles. The molecule has 0 amide bonds. The number of phenols is 1. The summed E-state index contributed by atoms with van der Waals surface area (Å²) in [6, 6.07) is 7.96. The number of hydrogen-bond acceptors (Lipinski definition) is 9. The lowest BCUT2D eigenvalue weighted by molar-refractivity contribution is -0.139. The van der Waals surface area contributed by atoms with Crippen LogP contribution in [0.15, 0.2) is 64.0 Å². The fourth-order valence-electron chi connectivity index (χ4n) is 4.63. The van der Waals surface area contributed by atoms with E-state index in [2.05, 4.69) is 11.6 Å². The highest BCUT2D eigenvalue weighted by molar-refractivity contribution is 7.07. The first-order valence-electron chi connectivity index (χ1n) is 12.8. The van der Waals surface area contributed by atoms with Crippen molar-refractivity contribution >= 4 is 23.4 Å². The zero-order valence-corrected chi connectivity index (χ0v) is 24.0. The number of carbonyl (C=O) groups excluding carboxylic acids is 1. The first-order valence-corrected chi connectivity index (χ1v) is 13.6. The topological polar surface area (TPSA) is 109 Å². The second-order valence-corrected chi connectivity index (χ2v) is 9.88. The molecule has 0 unspecified atom stereocenters. The Morgan fingerprint density at radius 2 is 1.88 bits per heavy atom. The molecule has 2 heterocycles. The number of methoxy groups -OCH3 is 2. The van der Waals surface area contributed by atoms with E-state index in [4.69, 9.17) is 18.9 Å². The summed E-state index contributed by atoms with van der Waals surface area (Å²) < 4.78 is 23.9. The lowest BCUT2D eigenvalue weighted by Gasteiger charge is -2.25. The lowest BCUT2D eigenvalue weighted by Crippen LogP contribution is -2.40. The van der Waals surface area contributed by atoms with Crippen LogP contribution >= 0.6 is 11.3 Å². The summed E-state index contributed by atoms with van der Waals surface area (Å²) in [5, 5.41) is 10.5. The van der Waals surface area contributed by atoms with Crippen LogP contribution in [0.2, 0.25) is 0 Å². The summed E-state index contributed by atoms with van der Waals surface area (Å²) in [4.78, 5) is 32.2. The van der Waals surface area contributed by atoms with E-state index in [0.717, 1.165) is 0 Å². The molecule has 9 nitrogen and oxygen atoms in total. The molecule has 1 N–H and O–H groups in total. The van der Waals surface area contributed by atoms with Crippen LogP contribution in [0.25, 0.3) is 6.08 Å². The van der Waals surface area contributed by atoms with Gasteiger partial charge in [0.1, 0.15) is 0 Å². The number of carbonyl (C=O) groups is 1. The highest BCUT2D eigenvalue weighted by atomic mass is 32.1. The van der Waals surface area contributed by atoms with E-state index in [-0.39, 0.29) is 23.5 Å². The Hall–Kier alpha value is -4.31. The number of fused-ring (bicyclic) bond motifs is 1. The second kappa shape index (κ2) is 12.3. The average molecular weight is 565 g/mol. The molecule has 0 aliphatic carbocycles.